The summed E-state index contributed by atoms with van der Waals surface area (Å²) in [6, 6.07) is -0.313. The Morgan fingerprint density at radius 1 is 1.59 bits per heavy atom. The molecule has 1 unspecified atom stereocenters. The molecule has 1 aromatic heterocycles. The number of amides is 1. The molecule has 0 saturated carbocycles. The third-order valence-electron chi connectivity index (χ3n) is 2.50. The largest absolute Gasteiger partial charge is 0.436 e. The van der Waals surface area contributed by atoms with Crippen LogP contribution in [0, 0.1) is 5.92 Å². The van der Waals surface area contributed by atoms with E-state index in [1.165, 1.54) is 0 Å². The van der Waals surface area contributed by atoms with Crippen molar-refractivity contribution in [2.75, 3.05) is 11.4 Å². The van der Waals surface area contributed by atoms with E-state index < -0.39 is 11.9 Å². The highest BCUT2D eigenvalue weighted by Gasteiger charge is 2.38. The van der Waals surface area contributed by atoms with Gasteiger partial charge in [0.2, 0.25) is 5.91 Å². The van der Waals surface area contributed by atoms with Crippen molar-refractivity contribution < 1.29 is 22.4 Å². The normalized spacial score (nSPS) is 21.0. The maximum Gasteiger partial charge on any atom is 0.436 e. The molecular formula is C10H9F3N2O2. The summed E-state index contributed by atoms with van der Waals surface area (Å²) in [4.78, 5) is 15.9. The molecular weight excluding hydrogens is 237 g/mol. The topological polar surface area (TPSA) is 46.3 Å². The van der Waals surface area contributed by atoms with Gasteiger partial charge in [0.05, 0.1) is 0 Å². The number of oxazole rings is 1. The average Bonchev–Trinajstić information content (AvgIpc) is 2.82. The van der Waals surface area contributed by atoms with E-state index in [1.54, 1.807) is 6.08 Å². The molecule has 0 aliphatic carbocycles. The van der Waals surface area contributed by atoms with Crippen LogP contribution in [0.4, 0.5) is 19.2 Å². The molecule has 1 aliphatic rings. The molecule has 1 aromatic rings. The number of nitrogens with zero attached hydrogens (tertiary/aromatic N) is 2. The zero-order valence-electron chi connectivity index (χ0n) is 8.70. The second-order valence-electron chi connectivity index (χ2n) is 3.72. The van der Waals surface area contributed by atoms with Crippen LogP contribution in [-0.4, -0.2) is 17.4 Å². The lowest BCUT2D eigenvalue weighted by atomic mass is 10.1. The minimum atomic E-state index is -4.57. The lowest BCUT2D eigenvalue weighted by molar-refractivity contribution is -0.141. The predicted molar refractivity (Wildman–Crippen MR) is 52.2 cm³/mol. The van der Waals surface area contributed by atoms with Crippen LogP contribution in [0.2, 0.25) is 0 Å². The Labute approximate surface area is 94.7 Å². The molecule has 1 saturated heterocycles. The van der Waals surface area contributed by atoms with E-state index in [4.69, 9.17) is 0 Å². The van der Waals surface area contributed by atoms with E-state index in [9.17, 15) is 18.0 Å². The first-order valence-electron chi connectivity index (χ1n) is 4.87. The summed E-state index contributed by atoms with van der Waals surface area (Å²) in [5, 5.41) is 0. The van der Waals surface area contributed by atoms with E-state index >= 15 is 0 Å². The van der Waals surface area contributed by atoms with Gasteiger partial charge < -0.3 is 4.42 Å². The molecule has 2 heterocycles. The fraction of sp³-hybridized carbons (Fsp3) is 0.400. The van der Waals surface area contributed by atoms with Crippen LogP contribution in [0.15, 0.2) is 23.3 Å². The molecule has 7 heteroatoms. The van der Waals surface area contributed by atoms with Crippen LogP contribution in [0.25, 0.3) is 0 Å². The van der Waals surface area contributed by atoms with Gasteiger partial charge in [-0.2, -0.15) is 18.2 Å². The van der Waals surface area contributed by atoms with Crippen LogP contribution in [0.1, 0.15) is 12.1 Å². The molecule has 17 heavy (non-hydrogen) atoms. The number of anilines is 1. The number of alkyl halides is 3. The first kappa shape index (κ1) is 11.7. The van der Waals surface area contributed by atoms with Gasteiger partial charge in [-0.1, -0.05) is 6.08 Å². The summed E-state index contributed by atoms with van der Waals surface area (Å²) >= 11 is 0. The van der Waals surface area contributed by atoms with E-state index in [2.05, 4.69) is 16.0 Å². The van der Waals surface area contributed by atoms with Gasteiger partial charge in [-0.05, 0) is 0 Å². The molecule has 2 rings (SSSR count). The van der Waals surface area contributed by atoms with Gasteiger partial charge in [0.15, 0.2) is 5.69 Å². The molecule has 1 atom stereocenters. The average molecular weight is 246 g/mol. The van der Waals surface area contributed by atoms with E-state index in [-0.39, 0.29) is 30.8 Å². The Bertz CT molecular complexity index is 453. The Kier molecular flexibility index (Phi) is 2.68. The van der Waals surface area contributed by atoms with E-state index in [0.29, 0.717) is 6.26 Å². The second kappa shape index (κ2) is 3.90. The second-order valence-corrected chi connectivity index (χ2v) is 3.72. The van der Waals surface area contributed by atoms with Crippen molar-refractivity contribution >= 4 is 11.9 Å². The van der Waals surface area contributed by atoms with Crippen LogP contribution in [-0.2, 0) is 11.0 Å². The van der Waals surface area contributed by atoms with Gasteiger partial charge in [0, 0.05) is 18.9 Å². The van der Waals surface area contributed by atoms with Crippen LogP contribution < -0.4 is 4.90 Å². The summed E-state index contributed by atoms with van der Waals surface area (Å²) in [5.41, 5.74) is -1.14. The van der Waals surface area contributed by atoms with Crippen LogP contribution >= 0.6 is 0 Å². The molecule has 1 amide bonds. The molecule has 0 spiro atoms. The summed E-state index contributed by atoms with van der Waals surface area (Å²) in [6.45, 7) is 3.79. The SMILES string of the molecule is C=CC1CC(=O)N(c2nc(C(F)(F)F)co2)C1. The number of hydrogen-bond donors (Lipinski definition) is 0. The summed E-state index contributed by atoms with van der Waals surface area (Å²) < 4.78 is 41.5. The zero-order valence-corrected chi connectivity index (χ0v) is 8.70. The van der Waals surface area contributed by atoms with Gasteiger partial charge in [-0.25, -0.2) is 0 Å². The van der Waals surface area contributed by atoms with Crippen molar-refractivity contribution in [3.8, 4) is 0 Å². The number of carbonyl (C=O) groups is 1. The van der Waals surface area contributed by atoms with Crippen LogP contribution in [0.3, 0.4) is 0 Å². The van der Waals surface area contributed by atoms with Gasteiger partial charge >= 0.3 is 12.2 Å². The minimum absolute atomic E-state index is 0.0799. The molecule has 4 nitrogen and oxygen atoms in total. The maximum atomic E-state index is 12.3. The highest BCUT2D eigenvalue weighted by molar-refractivity contribution is 5.93. The third-order valence-corrected chi connectivity index (χ3v) is 2.50. The van der Waals surface area contributed by atoms with E-state index in [1.807, 2.05) is 0 Å². The molecule has 0 aromatic carbocycles. The fourth-order valence-corrected chi connectivity index (χ4v) is 1.60. The molecule has 1 aliphatic heterocycles. The third kappa shape index (κ3) is 2.17. The number of carbonyl (C=O) groups excluding carboxylic acids is 1. The number of hydrogen-bond acceptors (Lipinski definition) is 3. The number of aromatic nitrogens is 1. The summed E-state index contributed by atoms with van der Waals surface area (Å²) in [7, 11) is 0. The molecule has 92 valence electrons. The van der Waals surface area contributed by atoms with Gasteiger partial charge in [-0.15, -0.1) is 6.58 Å². The van der Waals surface area contributed by atoms with E-state index in [0.717, 1.165) is 4.90 Å². The molecule has 0 N–H and O–H groups in total. The number of rotatable bonds is 2. The Balaban J connectivity index is 2.21. The first-order valence-corrected chi connectivity index (χ1v) is 4.87. The van der Waals surface area contributed by atoms with Crippen molar-refractivity contribution in [3.05, 3.63) is 24.6 Å². The lowest BCUT2D eigenvalue weighted by Crippen LogP contribution is -2.24. The van der Waals surface area contributed by atoms with Crippen molar-refractivity contribution in [2.45, 2.75) is 12.6 Å². The predicted octanol–water partition coefficient (Wildman–Crippen LogP) is 2.23. The Morgan fingerprint density at radius 2 is 2.29 bits per heavy atom. The first-order chi connectivity index (χ1) is 7.91. The Hall–Kier alpha value is -1.79. The lowest BCUT2D eigenvalue weighted by Gasteiger charge is -2.09. The fourth-order valence-electron chi connectivity index (χ4n) is 1.60. The van der Waals surface area contributed by atoms with Crippen molar-refractivity contribution in [3.63, 3.8) is 0 Å². The molecule has 0 radical (unpaired) electrons. The van der Waals surface area contributed by atoms with Gasteiger partial charge in [0.25, 0.3) is 0 Å². The van der Waals surface area contributed by atoms with Gasteiger partial charge in [0.1, 0.15) is 6.26 Å². The maximum absolute atomic E-state index is 12.3. The standard InChI is InChI=1S/C10H9F3N2O2/c1-2-6-3-8(16)15(4-6)9-14-7(5-17-9)10(11,12)13/h2,5-6H,1,3-4H2. The summed E-state index contributed by atoms with van der Waals surface area (Å²) in [5.74, 6) is -0.394. The molecule has 1 fully saturated rings. The number of halogens is 3. The highest BCUT2D eigenvalue weighted by Crippen LogP contribution is 2.32. The molecule has 0 bridgehead atoms. The van der Waals surface area contributed by atoms with Crippen molar-refractivity contribution in [1.82, 2.24) is 4.98 Å². The smallest absolute Gasteiger partial charge is 0.431 e. The quantitative estimate of drug-likeness (QED) is 0.752. The van der Waals surface area contributed by atoms with Crippen LogP contribution in [0.5, 0.6) is 0 Å². The monoisotopic (exact) mass is 246 g/mol. The van der Waals surface area contributed by atoms with Crippen molar-refractivity contribution in [2.24, 2.45) is 5.92 Å². The minimum Gasteiger partial charge on any atom is -0.431 e. The summed E-state index contributed by atoms with van der Waals surface area (Å²) in [6.07, 6.45) is -2.26. The highest BCUT2D eigenvalue weighted by atomic mass is 19.4. The van der Waals surface area contributed by atoms with Crippen molar-refractivity contribution in [1.29, 1.82) is 0 Å². The zero-order chi connectivity index (χ0) is 12.6. The van der Waals surface area contributed by atoms with Gasteiger partial charge in [-0.3, -0.25) is 9.69 Å². The Morgan fingerprint density at radius 3 is 2.76 bits per heavy atom.